The van der Waals surface area contributed by atoms with E-state index >= 15 is 0 Å². The Labute approximate surface area is 375 Å². The van der Waals surface area contributed by atoms with Gasteiger partial charge in [-0.25, -0.2) is 4.99 Å². The molecule has 0 aromatic heterocycles. The molecule has 0 saturated heterocycles. The Hall–Kier alpha value is -5.87. The van der Waals surface area contributed by atoms with Gasteiger partial charge in [-0.15, -0.1) is 0 Å². The van der Waals surface area contributed by atoms with Gasteiger partial charge in [-0.05, 0) is 111 Å². The highest BCUT2D eigenvalue weighted by atomic mass is 32.2. The van der Waals surface area contributed by atoms with Crippen molar-refractivity contribution < 1.29 is 39.9 Å². The van der Waals surface area contributed by atoms with Crippen molar-refractivity contribution >= 4 is 71.5 Å². The first-order valence-electron chi connectivity index (χ1n) is 21.2. The molecule has 6 rings (SSSR count). The second-order valence-electron chi connectivity index (χ2n) is 17.0. The number of amides is 2. The van der Waals surface area contributed by atoms with Gasteiger partial charge in [0.1, 0.15) is 21.1 Å². The van der Waals surface area contributed by atoms with Crippen molar-refractivity contribution in [2.75, 3.05) is 16.0 Å². The van der Waals surface area contributed by atoms with Gasteiger partial charge in [-0.1, -0.05) is 70.9 Å². The van der Waals surface area contributed by atoms with E-state index in [0.29, 0.717) is 52.1 Å². The topological polar surface area (TPSA) is 204 Å². The van der Waals surface area contributed by atoms with Gasteiger partial charge in [0.15, 0.2) is 0 Å². The minimum absolute atomic E-state index is 0.0495. The summed E-state index contributed by atoms with van der Waals surface area (Å²) >= 11 is 0. The smallest absolute Gasteiger partial charge is 0.296 e. The van der Waals surface area contributed by atoms with Crippen LogP contribution < -0.4 is 21.3 Å². The van der Waals surface area contributed by atoms with Crippen molar-refractivity contribution in [3.63, 3.8) is 0 Å². The molecule has 0 fully saturated rings. The number of carbonyl (C=O) groups is 2. The predicted molar refractivity (Wildman–Crippen MR) is 253 cm³/mol. The molecule has 5 N–H and O–H groups in total. The van der Waals surface area contributed by atoms with E-state index in [-0.39, 0.29) is 57.2 Å². The number of carbonyl (C=O) groups excluding carboxylic acids is 2. The van der Waals surface area contributed by atoms with Gasteiger partial charge < -0.3 is 20.4 Å². The van der Waals surface area contributed by atoms with Crippen molar-refractivity contribution in [1.29, 1.82) is 0 Å². The standard InChI is InChI=1S/C49H56N4O9S2/c1-11-26(3)19-43(54)52-48-30(7)21-28(5)46(32(48)9)50-34-17-18-35-39(23-34)62-40-25-38(51-47-29(6)22-31(8)49(33(47)10)53-44(55)20-27(4)12-2)42(64(59,60)61)24-37(40)45(35)36-15-13-14-16-41(36)63(56,57)58/h13-18,21-27,51H,11-12,19-20H2,1-10H3,(H,52,54)(H,53,55)(H,56,57,58)(H,59,60,61)/b50-34-. The van der Waals surface area contributed by atoms with Gasteiger partial charge >= 0.3 is 0 Å². The molecule has 2 unspecified atom stereocenters. The van der Waals surface area contributed by atoms with E-state index in [4.69, 9.17) is 9.41 Å². The molecule has 0 saturated carbocycles. The number of hydrogen-bond acceptors (Lipinski definition) is 9. The Balaban J connectivity index is 1.61. The molecule has 13 nitrogen and oxygen atoms in total. The Morgan fingerprint density at radius 1 is 0.656 bits per heavy atom. The van der Waals surface area contributed by atoms with Crippen LogP contribution in [-0.2, 0) is 29.8 Å². The van der Waals surface area contributed by atoms with Crippen LogP contribution >= 0.6 is 0 Å². The highest BCUT2D eigenvalue weighted by molar-refractivity contribution is 7.86. The van der Waals surface area contributed by atoms with Crippen LogP contribution in [0.3, 0.4) is 0 Å². The van der Waals surface area contributed by atoms with Crippen molar-refractivity contribution in [2.24, 2.45) is 16.8 Å². The number of rotatable bonds is 14. The Morgan fingerprint density at radius 3 is 1.78 bits per heavy atom. The quantitative estimate of drug-likeness (QED) is 0.0516. The fourth-order valence-electron chi connectivity index (χ4n) is 8.15. The minimum atomic E-state index is -4.97. The van der Waals surface area contributed by atoms with Gasteiger partial charge in [-0.3, -0.25) is 18.7 Å². The highest BCUT2D eigenvalue weighted by Gasteiger charge is 2.27. The SMILES string of the molecule is CCC(C)CC(=O)Nc1c(C)cc(C)c(/N=c2/ccc3c(-c4ccccc4S(=O)(=O)O)c4cc(S(=O)(=O)O)c(Nc5c(C)cc(C)c(NC(=O)CC(C)CC)c5C)cc4oc-3c2)c1C. The van der Waals surface area contributed by atoms with Crippen LogP contribution in [0.2, 0.25) is 0 Å². The molecular formula is C49H56N4O9S2. The molecule has 4 aromatic carbocycles. The van der Waals surface area contributed by atoms with Crippen molar-refractivity contribution in [1.82, 2.24) is 0 Å². The van der Waals surface area contributed by atoms with Gasteiger partial charge in [0.25, 0.3) is 20.2 Å². The van der Waals surface area contributed by atoms with Crippen molar-refractivity contribution in [2.45, 2.75) is 105 Å². The number of hydrogen-bond donors (Lipinski definition) is 5. The number of anilines is 4. The number of nitrogens with zero attached hydrogens (tertiary/aromatic N) is 1. The monoisotopic (exact) mass is 908 g/mol. The average Bonchev–Trinajstić information content (AvgIpc) is 3.22. The van der Waals surface area contributed by atoms with Crippen LogP contribution in [0.15, 0.2) is 85.9 Å². The summed E-state index contributed by atoms with van der Waals surface area (Å²) in [5.74, 6) is 0.367. The van der Waals surface area contributed by atoms with Crippen LogP contribution in [0.25, 0.3) is 33.4 Å². The van der Waals surface area contributed by atoms with Crippen LogP contribution in [0.1, 0.15) is 86.8 Å². The Kier molecular flexibility index (Phi) is 13.9. The molecule has 1 heterocycles. The fourth-order valence-corrected chi connectivity index (χ4v) is 9.50. The molecule has 2 atom stereocenters. The Bertz CT molecular complexity index is 3100. The normalized spacial score (nSPS) is 13.3. The molecule has 0 spiro atoms. The van der Waals surface area contributed by atoms with Crippen molar-refractivity contribution in [3.8, 4) is 22.5 Å². The first-order chi connectivity index (χ1) is 30.0. The first-order valence-corrected chi connectivity index (χ1v) is 24.1. The molecular weight excluding hydrogens is 853 g/mol. The average molecular weight is 909 g/mol. The number of fused-ring (bicyclic) bond motifs is 2. The maximum absolute atomic E-state index is 13.3. The maximum Gasteiger partial charge on any atom is 0.296 e. The van der Waals surface area contributed by atoms with E-state index in [1.807, 2.05) is 74.4 Å². The molecule has 338 valence electrons. The third-order valence-corrected chi connectivity index (χ3v) is 13.7. The molecule has 1 aliphatic carbocycles. The zero-order valence-corrected chi connectivity index (χ0v) is 39.5. The van der Waals surface area contributed by atoms with E-state index in [1.165, 1.54) is 30.3 Å². The summed E-state index contributed by atoms with van der Waals surface area (Å²) in [5, 5.41) is 9.88. The van der Waals surface area contributed by atoms with E-state index in [1.54, 1.807) is 31.2 Å². The summed E-state index contributed by atoms with van der Waals surface area (Å²) in [6, 6.07) is 17.2. The van der Waals surface area contributed by atoms with Crippen LogP contribution in [0.5, 0.6) is 0 Å². The Morgan fingerprint density at radius 2 is 1.20 bits per heavy atom. The molecule has 1 aliphatic heterocycles. The molecule has 4 aromatic rings. The van der Waals surface area contributed by atoms with Gasteiger partial charge in [0.2, 0.25) is 11.8 Å². The number of aryl methyl sites for hydroxylation is 4. The summed E-state index contributed by atoms with van der Waals surface area (Å²) in [5.41, 5.74) is 7.65. The zero-order chi connectivity index (χ0) is 47.0. The highest BCUT2D eigenvalue weighted by Crippen LogP contribution is 2.45. The summed E-state index contributed by atoms with van der Waals surface area (Å²) in [6.07, 6.45) is 2.40. The van der Waals surface area contributed by atoms with E-state index < -0.39 is 30.0 Å². The summed E-state index contributed by atoms with van der Waals surface area (Å²) < 4.78 is 80.0. The molecule has 64 heavy (non-hydrogen) atoms. The molecule has 2 amide bonds. The zero-order valence-electron chi connectivity index (χ0n) is 37.8. The first kappa shape index (κ1) is 47.6. The lowest BCUT2D eigenvalue weighted by molar-refractivity contribution is -0.117. The summed E-state index contributed by atoms with van der Waals surface area (Å²) in [4.78, 5) is 30.1. The van der Waals surface area contributed by atoms with Crippen molar-refractivity contribution in [3.05, 3.63) is 105 Å². The van der Waals surface area contributed by atoms with Crippen LogP contribution in [0, 0.1) is 53.4 Å². The fraction of sp³-hybridized carbons (Fsp3) is 0.327. The third kappa shape index (κ3) is 10.1. The molecule has 0 radical (unpaired) electrons. The second kappa shape index (κ2) is 18.7. The van der Waals surface area contributed by atoms with E-state index in [0.717, 1.165) is 40.7 Å². The lowest BCUT2D eigenvalue weighted by atomic mass is 9.93. The molecule has 2 aliphatic rings. The summed E-state index contributed by atoms with van der Waals surface area (Å²) in [7, 11) is -9.78. The van der Waals surface area contributed by atoms with Crippen LogP contribution in [0.4, 0.5) is 28.4 Å². The number of nitrogens with one attached hydrogen (secondary N) is 3. The lowest BCUT2D eigenvalue weighted by Crippen LogP contribution is -2.17. The van der Waals surface area contributed by atoms with E-state index in [9.17, 15) is 35.5 Å². The second-order valence-corrected chi connectivity index (χ2v) is 19.7. The minimum Gasteiger partial charge on any atom is -0.456 e. The predicted octanol–water partition coefficient (Wildman–Crippen LogP) is 11.3. The van der Waals surface area contributed by atoms with E-state index in [2.05, 4.69) is 16.0 Å². The number of benzene rings is 5. The van der Waals surface area contributed by atoms with Gasteiger partial charge in [-0.2, -0.15) is 16.8 Å². The lowest BCUT2D eigenvalue weighted by Gasteiger charge is -2.22. The maximum atomic E-state index is 13.3. The largest absolute Gasteiger partial charge is 0.456 e. The van der Waals surface area contributed by atoms with Crippen LogP contribution in [-0.4, -0.2) is 37.8 Å². The summed E-state index contributed by atoms with van der Waals surface area (Å²) in [6.45, 7) is 19.3. The molecule has 0 bridgehead atoms. The third-order valence-electron chi connectivity index (χ3n) is 11.9. The van der Waals surface area contributed by atoms with Gasteiger partial charge in [0, 0.05) is 64.1 Å². The van der Waals surface area contributed by atoms with Gasteiger partial charge in [0.05, 0.1) is 16.7 Å². The molecule has 15 heteroatoms.